The standard InChI is InChI=1S/C17H23N3O3S/c1-10(21)6-18-17(22)15-9-24-16-8-20(5-4-13(15)16)7-14-11(2)19-23-12(14)3/h9-10,21H,4-8H2,1-3H3,(H,18,22)/t10-/m1/s1. The average Bonchev–Trinajstić information content (AvgIpc) is 3.10. The molecular weight excluding hydrogens is 326 g/mol. The summed E-state index contributed by atoms with van der Waals surface area (Å²) in [4.78, 5) is 15.9. The second kappa shape index (κ2) is 7.04. The first-order valence-corrected chi connectivity index (χ1v) is 9.03. The zero-order chi connectivity index (χ0) is 17.3. The van der Waals surface area contributed by atoms with Crippen LogP contribution in [0.5, 0.6) is 0 Å². The van der Waals surface area contributed by atoms with E-state index in [9.17, 15) is 9.90 Å². The molecular formula is C17H23N3O3S. The molecule has 0 bridgehead atoms. The van der Waals surface area contributed by atoms with Crippen molar-refractivity contribution in [1.82, 2.24) is 15.4 Å². The Bertz CT molecular complexity index is 716. The molecule has 0 saturated carbocycles. The molecule has 3 rings (SSSR count). The molecule has 0 aromatic carbocycles. The molecule has 2 aromatic rings. The van der Waals surface area contributed by atoms with Gasteiger partial charge < -0.3 is 14.9 Å². The van der Waals surface area contributed by atoms with Gasteiger partial charge in [0.25, 0.3) is 5.91 Å². The highest BCUT2D eigenvalue weighted by atomic mass is 32.1. The molecule has 1 aliphatic heterocycles. The van der Waals surface area contributed by atoms with Crippen molar-refractivity contribution >= 4 is 17.2 Å². The Kier molecular flexibility index (Phi) is 5.03. The third kappa shape index (κ3) is 3.53. The summed E-state index contributed by atoms with van der Waals surface area (Å²) in [5.41, 5.74) is 4.01. The van der Waals surface area contributed by atoms with Gasteiger partial charge in [-0.2, -0.15) is 0 Å². The van der Waals surface area contributed by atoms with Gasteiger partial charge in [-0.3, -0.25) is 9.69 Å². The first-order valence-electron chi connectivity index (χ1n) is 8.15. The lowest BCUT2D eigenvalue weighted by Gasteiger charge is -2.27. The summed E-state index contributed by atoms with van der Waals surface area (Å²) in [5, 5.41) is 18.0. The third-order valence-corrected chi connectivity index (χ3v) is 5.41. The lowest BCUT2D eigenvalue weighted by atomic mass is 10.0. The van der Waals surface area contributed by atoms with Crippen LogP contribution in [-0.4, -0.2) is 40.3 Å². The van der Waals surface area contributed by atoms with Gasteiger partial charge in [0, 0.05) is 42.0 Å². The summed E-state index contributed by atoms with van der Waals surface area (Å²) < 4.78 is 5.24. The molecule has 0 aliphatic carbocycles. The Morgan fingerprint density at radius 2 is 2.33 bits per heavy atom. The molecule has 1 amide bonds. The summed E-state index contributed by atoms with van der Waals surface area (Å²) in [6.07, 6.45) is 0.327. The van der Waals surface area contributed by atoms with Crippen molar-refractivity contribution in [3.63, 3.8) is 0 Å². The first-order chi connectivity index (χ1) is 11.5. The van der Waals surface area contributed by atoms with E-state index in [1.54, 1.807) is 18.3 Å². The van der Waals surface area contributed by atoms with Gasteiger partial charge in [-0.15, -0.1) is 11.3 Å². The maximum atomic E-state index is 12.3. The third-order valence-electron chi connectivity index (χ3n) is 4.39. The molecule has 0 spiro atoms. The van der Waals surface area contributed by atoms with Crippen LogP contribution in [0.15, 0.2) is 9.90 Å². The van der Waals surface area contributed by atoms with E-state index in [0.717, 1.165) is 54.2 Å². The Morgan fingerprint density at radius 3 is 3.00 bits per heavy atom. The normalized spacial score (nSPS) is 16.0. The average molecular weight is 349 g/mol. The van der Waals surface area contributed by atoms with Gasteiger partial charge in [0.1, 0.15) is 5.76 Å². The van der Waals surface area contributed by atoms with Gasteiger partial charge in [-0.1, -0.05) is 5.16 Å². The van der Waals surface area contributed by atoms with Crippen LogP contribution in [0, 0.1) is 13.8 Å². The van der Waals surface area contributed by atoms with Crippen molar-refractivity contribution < 1.29 is 14.4 Å². The van der Waals surface area contributed by atoms with E-state index >= 15 is 0 Å². The molecule has 1 aliphatic rings. The highest BCUT2D eigenvalue weighted by molar-refractivity contribution is 7.10. The fourth-order valence-corrected chi connectivity index (χ4v) is 4.11. The van der Waals surface area contributed by atoms with Crippen molar-refractivity contribution in [1.29, 1.82) is 0 Å². The number of thiophene rings is 1. The summed E-state index contributed by atoms with van der Waals surface area (Å²) in [6.45, 7) is 8.43. The summed E-state index contributed by atoms with van der Waals surface area (Å²) in [7, 11) is 0. The number of aromatic nitrogens is 1. The minimum atomic E-state index is -0.533. The van der Waals surface area contributed by atoms with Gasteiger partial charge in [0.15, 0.2) is 0 Å². The number of hydrogen-bond acceptors (Lipinski definition) is 6. The topological polar surface area (TPSA) is 78.6 Å². The molecule has 3 heterocycles. The highest BCUT2D eigenvalue weighted by Gasteiger charge is 2.25. The van der Waals surface area contributed by atoms with Crippen LogP contribution in [0.1, 0.15) is 44.7 Å². The number of hydrogen-bond donors (Lipinski definition) is 2. The predicted octanol–water partition coefficient (Wildman–Crippen LogP) is 2.02. The Hall–Kier alpha value is -1.70. The van der Waals surface area contributed by atoms with Gasteiger partial charge in [-0.25, -0.2) is 0 Å². The van der Waals surface area contributed by atoms with E-state index < -0.39 is 6.10 Å². The Balaban J connectivity index is 1.68. The maximum Gasteiger partial charge on any atom is 0.252 e. The number of aliphatic hydroxyl groups excluding tert-OH is 1. The fourth-order valence-electron chi connectivity index (χ4n) is 2.99. The maximum absolute atomic E-state index is 12.3. The van der Waals surface area contributed by atoms with E-state index in [-0.39, 0.29) is 12.5 Å². The van der Waals surface area contributed by atoms with Crippen LogP contribution in [0.4, 0.5) is 0 Å². The number of fused-ring (bicyclic) bond motifs is 1. The molecule has 2 N–H and O–H groups in total. The molecule has 7 heteroatoms. The highest BCUT2D eigenvalue weighted by Crippen LogP contribution is 2.30. The number of aliphatic hydroxyl groups is 1. The lowest BCUT2D eigenvalue weighted by molar-refractivity contribution is 0.0922. The van der Waals surface area contributed by atoms with Crippen LogP contribution in [0.3, 0.4) is 0 Å². The molecule has 24 heavy (non-hydrogen) atoms. The smallest absolute Gasteiger partial charge is 0.252 e. The zero-order valence-electron chi connectivity index (χ0n) is 14.3. The van der Waals surface area contributed by atoms with E-state index in [0.29, 0.717) is 0 Å². The zero-order valence-corrected chi connectivity index (χ0v) is 15.1. The number of rotatable bonds is 5. The van der Waals surface area contributed by atoms with E-state index in [4.69, 9.17) is 4.52 Å². The SMILES string of the molecule is Cc1noc(C)c1CN1CCc2c(C(=O)NC[C@@H](C)O)csc2C1. The largest absolute Gasteiger partial charge is 0.392 e. The van der Waals surface area contributed by atoms with Crippen molar-refractivity contribution in [2.75, 3.05) is 13.1 Å². The van der Waals surface area contributed by atoms with E-state index in [1.165, 1.54) is 4.88 Å². The second-order valence-corrected chi connectivity index (χ2v) is 7.34. The molecule has 130 valence electrons. The Morgan fingerprint density at radius 1 is 1.54 bits per heavy atom. The van der Waals surface area contributed by atoms with Crippen LogP contribution in [0.2, 0.25) is 0 Å². The lowest BCUT2D eigenvalue weighted by Crippen LogP contribution is -2.33. The predicted molar refractivity (Wildman–Crippen MR) is 92.1 cm³/mol. The minimum Gasteiger partial charge on any atom is -0.392 e. The summed E-state index contributed by atoms with van der Waals surface area (Å²) in [6, 6.07) is 0. The van der Waals surface area contributed by atoms with Crippen molar-refractivity contribution in [3.05, 3.63) is 38.4 Å². The molecule has 0 unspecified atom stereocenters. The number of carbonyl (C=O) groups is 1. The molecule has 0 radical (unpaired) electrons. The summed E-state index contributed by atoms with van der Waals surface area (Å²) in [5.74, 6) is 0.787. The van der Waals surface area contributed by atoms with Crippen molar-refractivity contribution in [2.24, 2.45) is 0 Å². The summed E-state index contributed by atoms with van der Waals surface area (Å²) >= 11 is 1.64. The molecule has 2 aromatic heterocycles. The van der Waals surface area contributed by atoms with E-state index in [1.807, 2.05) is 19.2 Å². The molecule has 0 saturated heterocycles. The van der Waals surface area contributed by atoms with E-state index in [2.05, 4.69) is 15.4 Å². The Labute approximate surface area is 145 Å². The number of nitrogens with one attached hydrogen (secondary N) is 1. The first kappa shape index (κ1) is 17.1. The van der Waals surface area contributed by atoms with Gasteiger partial charge in [-0.05, 0) is 32.8 Å². The van der Waals surface area contributed by atoms with Crippen LogP contribution >= 0.6 is 11.3 Å². The quantitative estimate of drug-likeness (QED) is 0.863. The molecule has 1 atom stereocenters. The fraction of sp³-hybridized carbons (Fsp3) is 0.529. The molecule has 6 nitrogen and oxygen atoms in total. The monoisotopic (exact) mass is 349 g/mol. The molecule has 0 fully saturated rings. The number of nitrogens with zero attached hydrogens (tertiary/aromatic N) is 2. The van der Waals surface area contributed by atoms with Crippen molar-refractivity contribution in [2.45, 2.75) is 46.4 Å². The van der Waals surface area contributed by atoms with Crippen LogP contribution in [-0.2, 0) is 19.5 Å². The van der Waals surface area contributed by atoms with Crippen molar-refractivity contribution in [3.8, 4) is 0 Å². The number of amides is 1. The van der Waals surface area contributed by atoms with Gasteiger partial charge >= 0.3 is 0 Å². The van der Waals surface area contributed by atoms with Gasteiger partial charge in [0.2, 0.25) is 0 Å². The minimum absolute atomic E-state index is 0.0902. The van der Waals surface area contributed by atoms with Crippen LogP contribution < -0.4 is 5.32 Å². The number of aryl methyl sites for hydroxylation is 2. The van der Waals surface area contributed by atoms with Crippen LogP contribution in [0.25, 0.3) is 0 Å². The number of carbonyl (C=O) groups excluding carboxylic acids is 1. The second-order valence-electron chi connectivity index (χ2n) is 6.37. The van der Waals surface area contributed by atoms with Gasteiger partial charge in [0.05, 0.1) is 17.4 Å².